The van der Waals surface area contributed by atoms with Crippen molar-refractivity contribution < 1.29 is 14.4 Å². The lowest BCUT2D eigenvalue weighted by molar-refractivity contribution is -0.123. The number of nitrogens with one attached hydrogen (secondary N) is 1. The van der Waals surface area contributed by atoms with Crippen LogP contribution in [0.15, 0.2) is 0 Å². The number of thioether (sulfide) groups is 1. The second-order valence-electron chi connectivity index (χ2n) is 5.06. The predicted molar refractivity (Wildman–Crippen MR) is 79.1 cm³/mol. The third kappa shape index (κ3) is 13.4. The lowest BCUT2D eigenvalue weighted by Crippen LogP contribution is -2.22. The molecular formula is C14H25NO3S. The highest BCUT2D eigenvalue weighted by Crippen LogP contribution is 2.11. The van der Waals surface area contributed by atoms with Crippen LogP contribution in [0.25, 0.3) is 0 Å². The molecule has 0 unspecified atom stereocenters. The van der Waals surface area contributed by atoms with Crippen molar-refractivity contribution in [3.05, 3.63) is 0 Å². The van der Waals surface area contributed by atoms with Gasteiger partial charge in [-0.2, -0.15) is 0 Å². The van der Waals surface area contributed by atoms with E-state index in [0.717, 1.165) is 31.0 Å². The van der Waals surface area contributed by atoms with Crippen LogP contribution in [0.3, 0.4) is 0 Å². The zero-order chi connectivity index (χ0) is 14.7. The minimum absolute atomic E-state index is 0.0203. The van der Waals surface area contributed by atoms with E-state index in [-0.39, 0.29) is 23.2 Å². The zero-order valence-electron chi connectivity index (χ0n) is 12.2. The maximum Gasteiger partial charge on any atom is 0.216 e. The summed E-state index contributed by atoms with van der Waals surface area (Å²) in [6.07, 6.45) is 3.58. The summed E-state index contributed by atoms with van der Waals surface area (Å²) in [5, 5.41) is 2.51. The van der Waals surface area contributed by atoms with E-state index in [1.807, 2.05) is 0 Å². The Bertz CT molecular complexity index is 303. The molecule has 19 heavy (non-hydrogen) atoms. The van der Waals surface area contributed by atoms with Crippen molar-refractivity contribution in [1.29, 1.82) is 0 Å². The number of unbranched alkanes of at least 4 members (excludes halogenated alkanes) is 1. The fourth-order valence-corrected chi connectivity index (χ4v) is 2.26. The SMILES string of the molecule is CC(=O)NCCSC(=O)CC(=O)CCCCC(C)C. The van der Waals surface area contributed by atoms with Crippen molar-refractivity contribution in [2.24, 2.45) is 5.92 Å². The molecule has 110 valence electrons. The molecule has 0 heterocycles. The summed E-state index contributed by atoms with van der Waals surface area (Å²) in [4.78, 5) is 33.6. The number of ketones is 1. The van der Waals surface area contributed by atoms with Crippen LogP contribution in [-0.4, -0.2) is 29.1 Å². The maximum atomic E-state index is 11.5. The fourth-order valence-electron chi connectivity index (χ4n) is 1.57. The molecule has 4 nitrogen and oxygen atoms in total. The molecule has 0 aromatic carbocycles. The summed E-state index contributed by atoms with van der Waals surface area (Å²) in [6.45, 7) is 6.23. The highest BCUT2D eigenvalue weighted by molar-refractivity contribution is 8.13. The molecule has 1 N–H and O–H groups in total. The minimum Gasteiger partial charge on any atom is -0.356 e. The van der Waals surface area contributed by atoms with Crippen molar-refractivity contribution in [3.8, 4) is 0 Å². The smallest absolute Gasteiger partial charge is 0.216 e. The minimum atomic E-state index is -0.103. The number of hydrogen-bond donors (Lipinski definition) is 1. The van der Waals surface area contributed by atoms with Crippen molar-refractivity contribution in [2.45, 2.75) is 52.9 Å². The van der Waals surface area contributed by atoms with E-state index in [1.165, 1.54) is 6.92 Å². The second kappa shape index (κ2) is 11.0. The Morgan fingerprint density at radius 1 is 1.16 bits per heavy atom. The predicted octanol–water partition coefficient (Wildman–Crippen LogP) is 2.56. The van der Waals surface area contributed by atoms with Crippen LogP contribution in [0.4, 0.5) is 0 Å². The monoisotopic (exact) mass is 287 g/mol. The Morgan fingerprint density at radius 3 is 2.42 bits per heavy atom. The van der Waals surface area contributed by atoms with E-state index in [9.17, 15) is 14.4 Å². The van der Waals surface area contributed by atoms with Gasteiger partial charge in [-0.15, -0.1) is 0 Å². The lowest BCUT2D eigenvalue weighted by atomic mass is 10.0. The largest absolute Gasteiger partial charge is 0.356 e. The van der Waals surface area contributed by atoms with Gasteiger partial charge in [-0.1, -0.05) is 38.5 Å². The Morgan fingerprint density at radius 2 is 1.84 bits per heavy atom. The molecule has 5 heteroatoms. The van der Waals surface area contributed by atoms with E-state index < -0.39 is 0 Å². The van der Waals surface area contributed by atoms with Gasteiger partial charge in [-0.05, 0) is 12.3 Å². The first-order chi connectivity index (χ1) is 8.91. The van der Waals surface area contributed by atoms with E-state index in [2.05, 4.69) is 19.2 Å². The maximum absolute atomic E-state index is 11.5. The van der Waals surface area contributed by atoms with Crippen molar-refractivity contribution >= 4 is 28.6 Å². The van der Waals surface area contributed by atoms with Crippen LogP contribution >= 0.6 is 11.8 Å². The van der Waals surface area contributed by atoms with Gasteiger partial charge in [-0.3, -0.25) is 14.4 Å². The summed E-state index contributed by atoms with van der Waals surface area (Å²) in [6, 6.07) is 0. The van der Waals surface area contributed by atoms with E-state index in [1.54, 1.807) is 0 Å². The zero-order valence-corrected chi connectivity index (χ0v) is 13.0. The first kappa shape index (κ1) is 18.2. The van der Waals surface area contributed by atoms with Crippen LogP contribution in [0, 0.1) is 5.92 Å². The third-order valence-electron chi connectivity index (χ3n) is 2.57. The van der Waals surface area contributed by atoms with Gasteiger partial charge in [0.2, 0.25) is 5.91 Å². The van der Waals surface area contributed by atoms with Gasteiger partial charge >= 0.3 is 0 Å². The van der Waals surface area contributed by atoms with Crippen LogP contribution in [0.1, 0.15) is 52.9 Å². The van der Waals surface area contributed by atoms with Crippen LogP contribution in [0.2, 0.25) is 0 Å². The highest BCUT2D eigenvalue weighted by Gasteiger charge is 2.10. The van der Waals surface area contributed by atoms with Crippen LogP contribution < -0.4 is 5.32 Å². The molecule has 0 saturated carbocycles. The average molecular weight is 287 g/mol. The molecule has 0 fully saturated rings. The summed E-state index contributed by atoms with van der Waals surface area (Å²) >= 11 is 1.12. The standard InChI is InChI=1S/C14H25NO3S/c1-11(2)6-4-5-7-13(17)10-14(18)19-9-8-15-12(3)16/h11H,4-10H2,1-3H3,(H,15,16). The Kier molecular flexibility index (Phi) is 10.5. The van der Waals surface area contributed by atoms with E-state index in [4.69, 9.17) is 0 Å². The van der Waals surface area contributed by atoms with Gasteiger partial charge in [0, 0.05) is 25.6 Å². The molecule has 0 spiro atoms. The third-order valence-corrected chi connectivity index (χ3v) is 3.44. The molecule has 0 radical (unpaired) electrons. The molecule has 0 aliphatic heterocycles. The quantitative estimate of drug-likeness (QED) is 0.495. The first-order valence-electron chi connectivity index (χ1n) is 6.83. The highest BCUT2D eigenvalue weighted by atomic mass is 32.2. The van der Waals surface area contributed by atoms with Gasteiger partial charge in [0.25, 0.3) is 0 Å². The topological polar surface area (TPSA) is 63.2 Å². The van der Waals surface area contributed by atoms with Crippen LogP contribution in [0.5, 0.6) is 0 Å². The molecule has 0 saturated heterocycles. The van der Waals surface area contributed by atoms with E-state index in [0.29, 0.717) is 24.6 Å². The molecule has 0 rings (SSSR count). The number of amides is 1. The molecule has 0 atom stereocenters. The summed E-state index contributed by atoms with van der Waals surface area (Å²) in [5.41, 5.74) is 0. The number of Topliss-reactive ketones (excluding diaryl/α,β-unsaturated/α-hetero) is 1. The van der Waals surface area contributed by atoms with Crippen molar-refractivity contribution in [2.75, 3.05) is 12.3 Å². The summed E-state index contributed by atoms with van der Waals surface area (Å²) in [5.74, 6) is 1.12. The first-order valence-corrected chi connectivity index (χ1v) is 7.82. The molecule has 1 amide bonds. The second-order valence-corrected chi connectivity index (χ2v) is 6.21. The van der Waals surface area contributed by atoms with Crippen molar-refractivity contribution in [3.63, 3.8) is 0 Å². The van der Waals surface area contributed by atoms with Gasteiger partial charge < -0.3 is 5.32 Å². The van der Waals surface area contributed by atoms with E-state index >= 15 is 0 Å². The van der Waals surface area contributed by atoms with Crippen LogP contribution in [-0.2, 0) is 14.4 Å². The number of rotatable bonds is 10. The van der Waals surface area contributed by atoms with Gasteiger partial charge in [0.15, 0.2) is 5.12 Å². The summed E-state index contributed by atoms with van der Waals surface area (Å²) in [7, 11) is 0. The fraction of sp³-hybridized carbons (Fsp3) is 0.786. The molecular weight excluding hydrogens is 262 g/mol. The molecule has 0 aliphatic rings. The number of carbonyl (C=O) groups is 3. The Labute approximate surface area is 120 Å². The molecule has 0 aromatic heterocycles. The summed E-state index contributed by atoms with van der Waals surface area (Å²) < 4.78 is 0. The Balaban J connectivity index is 3.53. The molecule has 0 aliphatic carbocycles. The number of hydrogen-bond acceptors (Lipinski definition) is 4. The Hall–Kier alpha value is -0.840. The van der Waals surface area contributed by atoms with Crippen molar-refractivity contribution in [1.82, 2.24) is 5.32 Å². The van der Waals surface area contributed by atoms with Gasteiger partial charge in [0.1, 0.15) is 5.78 Å². The molecule has 0 bridgehead atoms. The average Bonchev–Trinajstić information content (AvgIpc) is 2.30. The number of carbonyl (C=O) groups excluding carboxylic acids is 3. The lowest BCUT2D eigenvalue weighted by Gasteiger charge is -2.04. The van der Waals surface area contributed by atoms with Gasteiger partial charge in [0.05, 0.1) is 6.42 Å². The normalized spacial score (nSPS) is 10.5. The van der Waals surface area contributed by atoms with Gasteiger partial charge in [-0.25, -0.2) is 0 Å². The molecule has 0 aromatic rings.